The third kappa shape index (κ3) is 3.68. The third-order valence-corrected chi connectivity index (χ3v) is 6.16. The van der Waals surface area contributed by atoms with Crippen LogP contribution in [0.1, 0.15) is 39.3 Å². The van der Waals surface area contributed by atoms with Gasteiger partial charge in [-0.25, -0.2) is 9.67 Å². The zero-order chi connectivity index (χ0) is 19.8. The molecule has 0 aliphatic heterocycles. The molecule has 1 saturated carbocycles. The van der Waals surface area contributed by atoms with Crippen molar-refractivity contribution >= 4 is 28.3 Å². The quantitative estimate of drug-likeness (QED) is 0.472. The number of rotatable bonds is 6. The fraction of sp³-hybridized carbons (Fsp3) is 0.261. The first-order valence-electron chi connectivity index (χ1n) is 9.89. The molecule has 0 atom stereocenters. The Morgan fingerprint density at radius 3 is 2.76 bits per heavy atom. The monoisotopic (exact) mass is 402 g/mol. The lowest BCUT2D eigenvalue weighted by atomic mass is 10.1. The highest BCUT2D eigenvalue weighted by atomic mass is 32.1. The summed E-state index contributed by atoms with van der Waals surface area (Å²) in [6.07, 6.45) is 3.93. The van der Waals surface area contributed by atoms with E-state index in [2.05, 4.69) is 28.7 Å². The molecule has 6 heteroatoms. The molecule has 0 bridgehead atoms. The van der Waals surface area contributed by atoms with E-state index >= 15 is 0 Å². The number of pyridine rings is 1. The summed E-state index contributed by atoms with van der Waals surface area (Å²) < 4.78 is 1.89. The molecular formula is C23H22N4OS. The van der Waals surface area contributed by atoms with Gasteiger partial charge < -0.3 is 4.90 Å². The van der Waals surface area contributed by atoms with E-state index in [0.29, 0.717) is 24.7 Å². The molecule has 5 nitrogen and oxygen atoms in total. The third-order valence-electron chi connectivity index (χ3n) is 5.30. The van der Waals surface area contributed by atoms with Gasteiger partial charge in [0.15, 0.2) is 5.65 Å². The molecule has 0 unspecified atom stereocenters. The molecule has 1 aliphatic rings. The summed E-state index contributed by atoms with van der Waals surface area (Å²) in [7, 11) is 0. The second-order valence-electron chi connectivity index (χ2n) is 7.58. The van der Waals surface area contributed by atoms with Crippen molar-refractivity contribution in [1.82, 2.24) is 19.7 Å². The summed E-state index contributed by atoms with van der Waals surface area (Å²) in [6.45, 7) is 3.25. The molecule has 146 valence electrons. The van der Waals surface area contributed by atoms with Gasteiger partial charge in [0, 0.05) is 23.2 Å². The van der Waals surface area contributed by atoms with Crippen molar-refractivity contribution in [2.24, 2.45) is 0 Å². The first-order valence-corrected chi connectivity index (χ1v) is 10.8. The number of hydrogen-bond acceptors (Lipinski definition) is 4. The van der Waals surface area contributed by atoms with Gasteiger partial charge in [0.05, 0.1) is 23.7 Å². The maximum atomic E-state index is 13.6. The summed E-state index contributed by atoms with van der Waals surface area (Å²) >= 11 is 1.70. The van der Waals surface area contributed by atoms with Gasteiger partial charge in [-0.2, -0.15) is 5.10 Å². The predicted octanol–water partition coefficient (Wildman–Crippen LogP) is 4.65. The van der Waals surface area contributed by atoms with Crippen LogP contribution >= 0.6 is 11.3 Å². The average molecular weight is 403 g/mol. The van der Waals surface area contributed by atoms with Gasteiger partial charge in [-0.1, -0.05) is 36.4 Å². The number of carbonyl (C=O) groups excluding carboxylic acids is 1. The van der Waals surface area contributed by atoms with Gasteiger partial charge in [0.2, 0.25) is 0 Å². The molecule has 3 heterocycles. The van der Waals surface area contributed by atoms with Crippen molar-refractivity contribution in [3.8, 4) is 0 Å². The van der Waals surface area contributed by atoms with E-state index in [1.807, 2.05) is 46.8 Å². The molecule has 0 radical (unpaired) electrons. The van der Waals surface area contributed by atoms with Crippen molar-refractivity contribution < 1.29 is 4.79 Å². The number of benzene rings is 1. The van der Waals surface area contributed by atoms with E-state index in [0.717, 1.165) is 35.1 Å². The molecule has 3 aromatic heterocycles. The van der Waals surface area contributed by atoms with E-state index in [4.69, 9.17) is 4.98 Å². The van der Waals surface area contributed by atoms with E-state index in [1.165, 1.54) is 4.88 Å². The number of hydrogen-bond donors (Lipinski definition) is 0. The fourth-order valence-corrected chi connectivity index (χ4v) is 4.39. The Morgan fingerprint density at radius 2 is 2.03 bits per heavy atom. The van der Waals surface area contributed by atoms with Crippen LogP contribution in [0.3, 0.4) is 0 Å². The van der Waals surface area contributed by atoms with Crippen LogP contribution in [0.5, 0.6) is 0 Å². The van der Waals surface area contributed by atoms with Crippen LogP contribution in [-0.4, -0.2) is 31.6 Å². The summed E-state index contributed by atoms with van der Waals surface area (Å²) in [5.41, 5.74) is 3.47. The summed E-state index contributed by atoms with van der Waals surface area (Å²) in [4.78, 5) is 21.5. The Balaban J connectivity index is 1.51. The van der Waals surface area contributed by atoms with Crippen molar-refractivity contribution in [3.05, 3.63) is 81.8 Å². The van der Waals surface area contributed by atoms with Crippen LogP contribution in [0.4, 0.5) is 0 Å². The molecule has 5 rings (SSSR count). The molecule has 1 fully saturated rings. The SMILES string of the molecule is Cc1cc(C(=O)N(Cc2ccccc2)C2CC2)c2cnn(Cc3cccs3)c2n1. The number of aromatic nitrogens is 3. The van der Waals surface area contributed by atoms with Crippen LogP contribution in [0.15, 0.2) is 60.1 Å². The minimum absolute atomic E-state index is 0.0718. The molecule has 0 N–H and O–H groups in total. The van der Waals surface area contributed by atoms with Crippen LogP contribution in [0.2, 0.25) is 0 Å². The lowest BCUT2D eigenvalue weighted by molar-refractivity contribution is 0.0731. The number of aryl methyl sites for hydroxylation is 1. The molecule has 1 amide bonds. The number of nitrogens with zero attached hydrogens (tertiary/aromatic N) is 4. The average Bonchev–Trinajstić information content (AvgIpc) is 3.30. The van der Waals surface area contributed by atoms with Gasteiger partial charge >= 0.3 is 0 Å². The Bertz CT molecular complexity index is 1150. The standard InChI is InChI=1S/C23H22N4OS/c1-16-12-20(21-13-24-27(22(21)25-16)15-19-8-5-11-29-19)23(28)26(18-9-10-18)14-17-6-3-2-4-7-17/h2-8,11-13,18H,9-10,14-15H2,1H3. The summed E-state index contributed by atoms with van der Waals surface area (Å²) in [5.74, 6) is 0.0718. The fourth-order valence-electron chi connectivity index (χ4n) is 3.70. The molecule has 29 heavy (non-hydrogen) atoms. The molecule has 0 spiro atoms. The van der Waals surface area contributed by atoms with Gasteiger partial charge in [-0.15, -0.1) is 11.3 Å². The first kappa shape index (κ1) is 18.1. The van der Waals surface area contributed by atoms with E-state index in [-0.39, 0.29) is 5.91 Å². The molecule has 4 aromatic rings. The van der Waals surface area contributed by atoms with Crippen molar-refractivity contribution in [2.45, 2.75) is 38.9 Å². The summed E-state index contributed by atoms with van der Waals surface area (Å²) in [6, 6.07) is 16.6. The zero-order valence-corrected chi connectivity index (χ0v) is 17.1. The first-order chi connectivity index (χ1) is 14.2. The lowest BCUT2D eigenvalue weighted by Gasteiger charge is -2.23. The van der Waals surface area contributed by atoms with E-state index in [1.54, 1.807) is 17.5 Å². The Hall–Kier alpha value is -2.99. The highest BCUT2D eigenvalue weighted by Gasteiger charge is 2.34. The van der Waals surface area contributed by atoms with Gasteiger partial charge in [0.1, 0.15) is 0 Å². The number of thiophene rings is 1. The van der Waals surface area contributed by atoms with Gasteiger partial charge in [-0.3, -0.25) is 4.79 Å². The highest BCUT2D eigenvalue weighted by Crippen LogP contribution is 2.31. The summed E-state index contributed by atoms with van der Waals surface area (Å²) in [5, 5.41) is 7.44. The smallest absolute Gasteiger partial charge is 0.255 e. The zero-order valence-electron chi connectivity index (χ0n) is 16.3. The number of amides is 1. The largest absolute Gasteiger partial charge is 0.331 e. The Kier molecular flexibility index (Phi) is 4.64. The van der Waals surface area contributed by atoms with Gasteiger partial charge in [0.25, 0.3) is 5.91 Å². The molecule has 0 saturated heterocycles. The lowest BCUT2D eigenvalue weighted by Crippen LogP contribution is -2.32. The predicted molar refractivity (Wildman–Crippen MR) is 115 cm³/mol. The van der Waals surface area contributed by atoms with E-state index < -0.39 is 0 Å². The molecule has 1 aliphatic carbocycles. The maximum Gasteiger partial charge on any atom is 0.255 e. The minimum Gasteiger partial charge on any atom is -0.331 e. The molecular weight excluding hydrogens is 380 g/mol. The van der Waals surface area contributed by atoms with Crippen LogP contribution in [-0.2, 0) is 13.1 Å². The van der Waals surface area contributed by atoms with Crippen molar-refractivity contribution in [3.63, 3.8) is 0 Å². The van der Waals surface area contributed by atoms with E-state index in [9.17, 15) is 4.79 Å². The minimum atomic E-state index is 0.0718. The molecule has 1 aromatic carbocycles. The number of carbonyl (C=O) groups is 1. The Labute approximate surface area is 173 Å². The second-order valence-corrected chi connectivity index (χ2v) is 8.61. The van der Waals surface area contributed by atoms with Crippen LogP contribution in [0, 0.1) is 6.92 Å². The van der Waals surface area contributed by atoms with Gasteiger partial charge in [-0.05, 0) is 42.8 Å². The van der Waals surface area contributed by atoms with Crippen LogP contribution in [0.25, 0.3) is 11.0 Å². The normalized spacial score (nSPS) is 13.7. The maximum absolute atomic E-state index is 13.6. The Morgan fingerprint density at radius 1 is 1.21 bits per heavy atom. The highest BCUT2D eigenvalue weighted by molar-refractivity contribution is 7.09. The number of fused-ring (bicyclic) bond motifs is 1. The van der Waals surface area contributed by atoms with Crippen molar-refractivity contribution in [2.75, 3.05) is 0 Å². The second kappa shape index (κ2) is 7.44. The van der Waals surface area contributed by atoms with Crippen LogP contribution < -0.4 is 0 Å². The van der Waals surface area contributed by atoms with Crippen molar-refractivity contribution in [1.29, 1.82) is 0 Å². The topological polar surface area (TPSA) is 51.0 Å².